The average Bonchev–Trinajstić information content (AvgIpc) is 3.13. The summed E-state index contributed by atoms with van der Waals surface area (Å²) in [5.41, 5.74) is 0.125. The summed E-state index contributed by atoms with van der Waals surface area (Å²) in [5, 5.41) is 7.61. The van der Waals surface area contributed by atoms with Gasteiger partial charge in [0, 0.05) is 25.4 Å². The molecule has 0 saturated heterocycles. The van der Waals surface area contributed by atoms with Crippen LogP contribution in [0.3, 0.4) is 0 Å². The summed E-state index contributed by atoms with van der Waals surface area (Å²) in [6.07, 6.45) is -4.58. The van der Waals surface area contributed by atoms with Crippen LogP contribution in [-0.4, -0.2) is 32.5 Å². The number of hydrogen-bond acceptors (Lipinski definition) is 4. The number of nitrogens with zero attached hydrogens (tertiary/aromatic N) is 4. The van der Waals surface area contributed by atoms with E-state index in [9.17, 15) is 18.0 Å². The zero-order valence-electron chi connectivity index (χ0n) is 12.8. The molecule has 9 heteroatoms. The van der Waals surface area contributed by atoms with Crippen LogP contribution >= 0.6 is 11.3 Å². The molecule has 0 bridgehead atoms. The highest BCUT2D eigenvalue weighted by atomic mass is 32.1. The number of thiophene rings is 1. The molecule has 0 aliphatic heterocycles. The SMILES string of the molecule is Cc1cc(C(F)(F)F)n2nc(C(=O)N(C)Cc3ccsc3)cc2n1. The maximum Gasteiger partial charge on any atom is 0.433 e. The predicted octanol–water partition coefficient (Wildman–Crippen LogP) is 3.39. The fourth-order valence-corrected chi connectivity index (χ4v) is 2.99. The molecule has 0 saturated carbocycles. The van der Waals surface area contributed by atoms with Crippen molar-refractivity contribution in [3.8, 4) is 0 Å². The number of carbonyl (C=O) groups excluding carboxylic acids is 1. The zero-order valence-corrected chi connectivity index (χ0v) is 13.6. The second-order valence-electron chi connectivity index (χ2n) is 5.37. The molecule has 3 heterocycles. The topological polar surface area (TPSA) is 50.5 Å². The number of amides is 1. The molecular weight excluding hydrogens is 341 g/mol. The van der Waals surface area contributed by atoms with Crippen LogP contribution in [-0.2, 0) is 12.7 Å². The van der Waals surface area contributed by atoms with E-state index >= 15 is 0 Å². The molecule has 0 aromatic carbocycles. The summed E-state index contributed by atoms with van der Waals surface area (Å²) in [7, 11) is 1.58. The van der Waals surface area contributed by atoms with Crippen molar-refractivity contribution in [2.75, 3.05) is 7.05 Å². The molecule has 126 valence electrons. The number of halogens is 3. The van der Waals surface area contributed by atoms with Gasteiger partial charge < -0.3 is 4.90 Å². The van der Waals surface area contributed by atoms with Gasteiger partial charge in [-0.25, -0.2) is 9.50 Å². The van der Waals surface area contributed by atoms with E-state index in [1.54, 1.807) is 7.05 Å². The van der Waals surface area contributed by atoms with Crippen LogP contribution in [0.4, 0.5) is 13.2 Å². The lowest BCUT2D eigenvalue weighted by Crippen LogP contribution is -2.26. The third kappa shape index (κ3) is 3.12. The van der Waals surface area contributed by atoms with Crippen molar-refractivity contribution in [3.63, 3.8) is 0 Å². The molecule has 3 aromatic heterocycles. The van der Waals surface area contributed by atoms with Gasteiger partial charge >= 0.3 is 6.18 Å². The highest BCUT2D eigenvalue weighted by molar-refractivity contribution is 7.07. The number of fused-ring (bicyclic) bond motifs is 1. The van der Waals surface area contributed by atoms with Gasteiger partial charge in [-0.1, -0.05) is 0 Å². The van der Waals surface area contributed by atoms with Crippen molar-refractivity contribution in [3.05, 3.63) is 51.6 Å². The van der Waals surface area contributed by atoms with Crippen LogP contribution in [0.25, 0.3) is 5.65 Å². The molecular formula is C15H13F3N4OS. The van der Waals surface area contributed by atoms with Crippen molar-refractivity contribution in [2.45, 2.75) is 19.6 Å². The zero-order chi connectivity index (χ0) is 17.5. The van der Waals surface area contributed by atoms with Gasteiger partial charge in [-0.15, -0.1) is 0 Å². The van der Waals surface area contributed by atoms with E-state index in [1.807, 2.05) is 16.8 Å². The molecule has 1 amide bonds. The maximum atomic E-state index is 13.1. The number of hydrogen-bond donors (Lipinski definition) is 0. The van der Waals surface area contributed by atoms with Crippen molar-refractivity contribution < 1.29 is 18.0 Å². The van der Waals surface area contributed by atoms with Gasteiger partial charge in [0.05, 0.1) is 0 Å². The molecule has 3 aromatic rings. The monoisotopic (exact) mass is 354 g/mol. The fourth-order valence-electron chi connectivity index (χ4n) is 2.33. The van der Waals surface area contributed by atoms with Crippen LogP contribution in [0, 0.1) is 6.92 Å². The first kappa shape index (κ1) is 16.4. The molecule has 0 aliphatic rings. The highest BCUT2D eigenvalue weighted by Gasteiger charge is 2.35. The quantitative estimate of drug-likeness (QED) is 0.724. The van der Waals surface area contributed by atoms with E-state index in [2.05, 4.69) is 10.1 Å². The Morgan fingerprint density at radius 2 is 2.12 bits per heavy atom. The minimum absolute atomic E-state index is 0.00499. The van der Waals surface area contributed by atoms with Gasteiger partial charge in [0.15, 0.2) is 11.3 Å². The van der Waals surface area contributed by atoms with E-state index in [0.29, 0.717) is 11.1 Å². The van der Waals surface area contributed by atoms with Crippen molar-refractivity contribution in [1.82, 2.24) is 19.5 Å². The Morgan fingerprint density at radius 1 is 1.38 bits per heavy atom. The first-order valence-electron chi connectivity index (χ1n) is 6.97. The van der Waals surface area contributed by atoms with Gasteiger partial charge in [-0.05, 0) is 35.4 Å². The van der Waals surface area contributed by atoms with Gasteiger partial charge in [0.1, 0.15) is 5.69 Å². The highest BCUT2D eigenvalue weighted by Crippen LogP contribution is 2.30. The van der Waals surface area contributed by atoms with Crippen molar-refractivity contribution in [2.24, 2.45) is 0 Å². The number of alkyl halides is 3. The molecule has 0 aliphatic carbocycles. The average molecular weight is 354 g/mol. The molecule has 3 rings (SSSR count). The van der Waals surface area contributed by atoms with Crippen molar-refractivity contribution in [1.29, 1.82) is 0 Å². The molecule has 5 nitrogen and oxygen atoms in total. The Hall–Kier alpha value is -2.42. The van der Waals surface area contributed by atoms with E-state index in [4.69, 9.17) is 0 Å². The molecule has 0 atom stereocenters. The fraction of sp³-hybridized carbons (Fsp3) is 0.267. The molecule has 0 spiro atoms. The Bertz CT molecular complexity index is 886. The lowest BCUT2D eigenvalue weighted by Gasteiger charge is -2.14. The maximum absolute atomic E-state index is 13.1. The lowest BCUT2D eigenvalue weighted by atomic mass is 10.3. The normalized spacial score (nSPS) is 11.9. The van der Waals surface area contributed by atoms with E-state index in [0.717, 1.165) is 11.6 Å². The molecule has 0 N–H and O–H groups in total. The number of aromatic nitrogens is 3. The first-order valence-corrected chi connectivity index (χ1v) is 7.91. The Balaban J connectivity index is 1.97. The lowest BCUT2D eigenvalue weighted by molar-refractivity contribution is -0.142. The van der Waals surface area contributed by atoms with Gasteiger partial charge in [-0.2, -0.15) is 29.6 Å². The number of rotatable bonds is 3. The van der Waals surface area contributed by atoms with Crippen LogP contribution in [0.15, 0.2) is 29.0 Å². The Kier molecular flexibility index (Phi) is 4.04. The summed E-state index contributed by atoms with van der Waals surface area (Å²) in [6, 6.07) is 4.06. The van der Waals surface area contributed by atoms with Crippen molar-refractivity contribution >= 4 is 22.9 Å². The van der Waals surface area contributed by atoms with Gasteiger partial charge in [-0.3, -0.25) is 4.79 Å². The largest absolute Gasteiger partial charge is 0.433 e. The van der Waals surface area contributed by atoms with Crippen LogP contribution in [0.5, 0.6) is 0 Å². The van der Waals surface area contributed by atoms with E-state index in [1.165, 1.54) is 29.2 Å². The summed E-state index contributed by atoms with van der Waals surface area (Å²) in [6.45, 7) is 1.82. The third-order valence-electron chi connectivity index (χ3n) is 3.41. The predicted molar refractivity (Wildman–Crippen MR) is 82.8 cm³/mol. The van der Waals surface area contributed by atoms with Crippen LogP contribution in [0.2, 0.25) is 0 Å². The standard InChI is InChI=1S/C15H13F3N4OS/c1-9-5-12(15(16,17)18)22-13(19-9)6-11(20-22)14(23)21(2)7-10-3-4-24-8-10/h3-6,8H,7H2,1-2H3. The summed E-state index contributed by atoms with van der Waals surface area (Å²) in [4.78, 5) is 17.9. The first-order chi connectivity index (χ1) is 11.3. The van der Waals surface area contributed by atoms with Crippen LogP contribution < -0.4 is 0 Å². The number of carbonyl (C=O) groups is 1. The second-order valence-corrected chi connectivity index (χ2v) is 6.15. The van der Waals surface area contributed by atoms with Crippen LogP contribution in [0.1, 0.15) is 27.4 Å². The van der Waals surface area contributed by atoms with E-state index < -0.39 is 17.8 Å². The Morgan fingerprint density at radius 3 is 2.75 bits per heavy atom. The third-order valence-corrected chi connectivity index (χ3v) is 4.14. The Labute approximate surface area is 139 Å². The molecule has 24 heavy (non-hydrogen) atoms. The van der Waals surface area contributed by atoms with Gasteiger partial charge in [0.2, 0.25) is 0 Å². The minimum Gasteiger partial charge on any atom is -0.336 e. The second kappa shape index (κ2) is 5.90. The minimum atomic E-state index is -4.58. The summed E-state index contributed by atoms with van der Waals surface area (Å²) >= 11 is 1.51. The molecule has 0 fully saturated rings. The summed E-state index contributed by atoms with van der Waals surface area (Å²) < 4.78 is 40.1. The van der Waals surface area contributed by atoms with E-state index in [-0.39, 0.29) is 17.0 Å². The molecule has 0 unspecified atom stereocenters. The number of aryl methyl sites for hydroxylation is 1. The van der Waals surface area contributed by atoms with Gasteiger partial charge in [0.25, 0.3) is 5.91 Å². The smallest absolute Gasteiger partial charge is 0.336 e. The summed E-state index contributed by atoms with van der Waals surface area (Å²) in [5.74, 6) is -0.461. The molecule has 0 radical (unpaired) electrons.